The summed E-state index contributed by atoms with van der Waals surface area (Å²) in [6.07, 6.45) is 1.73. The molecule has 2 N–H and O–H groups in total. The third kappa shape index (κ3) is 3.24. The van der Waals surface area contributed by atoms with Crippen molar-refractivity contribution in [2.75, 3.05) is 7.11 Å². The number of aromatic nitrogens is 2. The molecule has 2 rings (SSSR count). The van der Waals surface area contributed by atoms with Crippen molar-refractivity contribution in [2.24, 2.45) is 0 Å². The lowest BCUT2D eigenvalue weighted by atomic mass is 9.83. The van der Waals surface area contributed by atoms with Gasteiger partial charge in [-0.15, -0.1) is 0 Å². The van der Waals surface area contributed by atoms with E-state index in [-0.39, 0.29) is 5.91 Å². The molecule has 0 saturated carbocycles. The van der Waals surface area contributed by atoms with Gasteiger partial charge in [-0.2, -0.15) is 5.10 Å². The first-order chi connectivity index (χ1) is 9.95. The van der Waals surface area contributed by atoms with Gasteiger partial charge in [-0.1, -0.05) is 12.1 Å². The molecule has 0 fully saturated rings. The Balaban J connectivity index is 2.06. The number of amides is 1. The van der Waals surface area contributed by atoms with Gasteiger partial charge in [0.1, 0.15) is 5.75 Å². The quantitative estimate of drug-likeness (QED) is 0.887. The van der Waals surface area contributed by atoms with E-state index in [0.29, 0.717) is 6.54 Å². The Kier molecular flexibility index (Phi) is 4.31. The van der Waals surface area contributed by atoms with Crippen LogP contribution < -0.4 is 10.1 Å². The second-order valence-corrected chi connectivity index (χ2v) is 5.56. The molecule has 0 aliphatic heterocycles. The molecule has 0 bridgehead atoms. The van der Waals surface area contributed by atoms with Crippen molar-refractivity contribution in [3.63, 3.8) is 0 Å². The zero-order valence-electron chi connectivity index (χ0n) is 12.9. The number of nitrogens with zero attached hydrogens (tertiary/aromatic N) is 1. The van der Waals surface area contributed by atoms with Crippen LogP contribution in [0.25, 0.3) is 0 Å². The van der Waals surface area contributed by atoms with Crippen LogP contribution in [0.2, 0.25) is 0 Å². The number of ether oxygens (including phenoxy) is 1. The number of methoxy groups -OCH3 is 1. The first-order valence-corrected chi connectivity index (χ1v) is 6.87. The summed E-state index contributed by atoms with van der Waals surface area (Å²) in [4.78, 5) is 12.5. The topological polar surface area (TPSA) is 67.0 Å². The van der Waals surface area contributed by atoms with Gasteiger partial charge in [0.25, 0.3) is 0 Å². The van der Waals surface area contributed by atoms with Gasteiger partial charge in [0.05, 0.1) is 18.7 Å². The van der Waals surface area contributed by atoms with Gasteiger partial charge in [-0.25, -0.2) is 0 Å². The van der Waals surface area contributed by atoms with Gasteiger partial charge in [0.15, 0.2) is 0 Å². The Hall–Kier alpha value is -2.30. The minimum absolute atomic E-state index is 0.0201. The SMILES string of the molecule is COc1ccc(C(C)(C)C(=O)NCc2cn[nH]c2C)cc1. The summed E-state index contributed by atoms with van der Waals surface area (Å²) >= 11 is 0. The number of H-pyrrole nitrogens is 1. The lowest BCUT2D eigenvalue weighted by Crippen LogP contribution is -2.39. The maximum absolute atomic E-state index is 12.5. The highest BCUT2D eigenvalue weighted by atomic mass is 16.5. The Labute approximate surface area is 124 Å². The zero-order valence-corrected chi connectivity index (χ0v) is 12.9. The van der Waals surface area contributed by atoms with E-state index in [0.717, 1.165) is 22.6 Å². The molecular weight excluding hydrogens is 266 g/mol. The molecule has 0 spiro atoms. The first kappa shape index (κ1) is 15.1. The van der Waals surface area contributed by atoms with E-state index in [4.69, 9.17) is 4.74 Å². The Morgan fingerprint density at radius 1 is 1.33 bits per heavy atom. The van der Waals surface area contributed by atoms with E-state index in [1.54, 1.807) is 13.3 Å². The molecule has 0 unspecified atom stereocenters. The van der Waals surface area contributed by atoms with Gasteiger partial charge in [-0.3, -0.25) is 9.89 Å². The highest BCUT2D eigenvalue weighted by molar-refractivity contribution is 5.87. The molecular formula is C16H21N3O2. The highest BCUT2D eigenvalue weighted by Gasteiger charge is 2.29. The third-order valence-electron chi connectivity index (χ3n) is 3.75. The average molecular weight is 287 g/mol. The maximum Gasteiger partial charge on any atom is 0.230 e. The zero-order chi connectivity index (χ0) is 15.5. The summed E-state index contributed by atoms with van der Waals surface area (Å²) in [6, 6.07) is 7.57. The number of carbonyl (C=O) groups is 1. The van der Waals surface area contributed by atoms with E-state index >= 15 is 0 Å². The second-order valence-electron chi connectivity index (χ2n) is 5.56. The number of aryl methyl sites for hydroxylation is 1. The maximum atomic E-state index is 12.5. The van der Waals surface area contributed by atoms with Crippen molar-refractivity contribution < 1.29 is 9.53 Å². The summed E-state index contributed by atoms with van der Waals surface area (Å²) in [6.45, 7) is 6.22. The van der Waals surface area contributed by atoms with Crippen molar-refractivity contribution >= 4 is 5.91 Å². The summed E-state index contributed by atoms with van der Waals surface area (Å²) in [5, 5.41) is 9.77. The highest BCUT2D eigenvalue weighted by Crippen LogP contribution is 2.25. The van der Waals surface area contributed by atoms with Crippen molar-refractivity contribution in [1.82, 2.24) is 15.5 Å². The molecule has 1 aromatic heterocycles. The van der Waals surface area contributed by atoms with Crippen LogP contribution in [0.5, 0.6) is 5.75 Å². The molecule has 2 aromatic rings. The molecule has 0 aliphatic rings. The second kappa shape index (κ2) is 5.99. The van der Waals surface area contributed by atoms with Crippen molar-refractivity contribution in [3.8, 4) is 5.75 Å². The van der Waals surface area contributed by atoms with E-state index in [1.807, 2.05) is 45.0 Å². The number of rotatable bonds is 5. The minimum Gasteiger partial charge on any atom is -0.497 e. The third-order valence-corrected chi connectivity index (χ3v) is 3.75. The van der Waals surface area contributed by atoms with Crippen LogP contribution in [0.3, 0.4) is 0 Å². The van der Waals surface area contributed by atoms with E-state index < -0.39 is 5.41 Å². The van der Waals surface area contributed by atoms with Crippen LogP contribution in [-0.4, -0.2) is 23.2 Å². The van der Waals surface area contributed by atoms with Crippen LogP contribution in [-0.2, 0) is 16.8 Å². The molecule has 1 heterocycles. The Morgan fingerprint density at radius 2 is 2.00 bits per heavy atom. The molecule has 5 nitrogen and oxygen atoms in total. The smallest absolute Gasteiger partial charge is 0.230 e. The monoisotopic (exact) mass is 287 g/mol. The first-order valence-electron chi connectivity index (χ1n) is 6.87. The summed E-state index contributed by atoms with van der Waals surface area (Å²) in [7, 11) is 1.63. The number of carbonyl (C=O) groups excluding carboxylic acids is 1. The number of benzene rings is 1. The van der Waals surface area contributed by atoms with E-state index in [2.05, 4.69) is 15.5 Å². The standard InChI is InChI=1S/C16H21N3O2/c1-11-12(10-18-19-11)9-17-15(20)16(2,3)13-5-7-14(21-4)8-6-13/h5-8,10H,9H2,1-4H3,(H,17,20)(H,18,19). The lowest BCUT2D eigenvalue weighted by Gasteiger charge is -2.24. The Morgan fingerprint density at radius 3 is 2.52 bits per heavy atom. The number of aromatic amines is 1. The van der Waals surface area contributed by atoms with Crippen molar-refractivity contribution in [1.29, 1.82) is 0 Å². The fraction of sp³-hybridized carbons (Fsp3) is 0.375. The van der Waals surface area contributed by atoms with Crippen LogP contribution in [0, 0.1) is 6.92 Å². The van der Waals surface area contributed by atoms with Crippen molar-refractivity contribution in [2.45, 2.75) is 32.7 Å². The average Bonchev–Trinajstić information content (AvgIpc) is 2.90. The molecule has 0 radical (unpaired) electrons. The number of hydrogen-bond acceptors (Lipinski definition) is 3. The number of nitrogens with one attached hydrogen (secondary N) is 2. The number of hydrogen-bond donors (Lipinski definition) is 2. The fourth-order valence-electron chi connectivity index (χ4n) is 2.09. The molecule has 1 amide bonds. The van der Waals surface area contributed by atoms with Crippen LogP contribution in [0.4, 0.5) is 0 Å². The molecule has 21 heavy (non-hydrogen) atoms. The fourth-order valence-corrected chi connectivity index (χ4v) is 2.09. The molecule has 0 saturated heterocycles. The molecule has 1 aromatic carbocycles. The lowest BCUT2D eigenvalue weighted by molar-refractivity contribution is -0.125. The molecule has 0 atom stereocenters. The van der Waals surface area contributed by atoms with E-state index in [1.165, 1.54) is 0 Å². The van der Waals surface area contributed by atoms with Crippen LogP contribution in [0.15, 0.2) is 30.5 Å². The van der Waals surface area contributed by atoms with Gasteiger partial charge >= 0.3 is 0 Å². The van der Waals surface area contributed by atoms with Gasteiger partial charge in [-0.05, 0) is 38.5 Å². The van der Waals surface area contributed by atoms with Gasteiger partial charge in [0, 0.05) is 17.8 Å². The minimum atomic E-state index is -0.607. The summed E-state index contributed by atoms with van der Waals surface area (Å²) in [5.41, 5.74) is 2.31. The summed E-state index contributed by atoms with van der Waals surface area (Å²) in [5.74, 6) is 0.761. The largest absolute Gasteiger partial charge is 0.497 e. The van der Waals surface area contributed by atoms with Crippen LogP contribution in [0.1, 0.15) is 30.7 Å². The molecule has 0 aliphatic carbocycles. The van der Waals surface area contributed by atoms with Crippen molar-refractivity contribution in [3.05, 3.63) is 47.3 Å². The molecule has 5 heteroatoms. The summed E-state index contributed by atoms with van der Waals surface area (Å²) < 4.78 is 5.14. The van der Waals surface area contributed by atoms with Gasteiger partial charge in [0.2, 0.25) is 5.91 Å². The van der Waals surface area contributed by atoms with Crippen LogP contribution >= 0.6 is 0 Å². The predicted octanol–water partition coefficient (Wildman–Crippen LogP) is 2.32. The van der Waals surface area contributed by atoms with E-state index in [9.17, 15) is 4.79 Å². The Bertz CT molecular complexity index is 615. The predicted molar refractivity (Wildman–Crippen MR) is 81.2 cm³/mol. The molecule has 112 valence electrons. The normalized spacial score (nSPS) is 11.2. The van der Waals surface area contributed by atoms with Gasteiger partial charge < -0.3 is 10.1 Å².